The molecule has 1 N–H and O–H groups in total. The Kier molecular flexibility index (Phi) is 3.91. The fraction of sp³-hybridized carbons (Fsp3) is 0.294. The monoisotopic (exact) mass is 305 g/mol. The lowest BCUT2D eigenvalue weighted by atomic mass is 10.0. The summed E-state index contributed by atoms with van der Waals surface area (Å²) in [7, 11) is 0. The predicted molar refractivity (Wildman–Crippen MR) is 87.0 cm³/mol. The van der Waals surface area contributed by atoms with Crippen LogP contribution >= 0.6 is 23.2 Å². The van der Waals surface area contributed by atoms with Gasteiger partial charge in [0.1, 0.15) is 0 Å². The molecule has 1 aliphatic carbocycles. The minimum Gasteiger partial charge on any atom is -0.377 e. The van der Waals surface area contributed by atoms with Gasteiger partial charge in [0.25, 0.3) is 0 Å². The first-order chi connectivity index (χ1) is 9.65. The van der Waals surface area contributed by atoms with Crippen molar-refractivity contribution >= 4 is 28.9 Å². The van der Waals surface area contributed by atoms with Gasteiger partial charge in [-0.1, -0.05) is 47.5 Å². The van der Waals surface area contributed by atoms with Crippen LogP contribution in [-0.4, -0.2) is 0 Å². The second-order valence-corrected chi connectivity index (χ2v) is 6.13. The molecule has 1 aliphatic rings. The van der Waals surface area contributed by atoms with Crippen molar-refractivity contribution in [2.24, 2.45) is 0 Å². The molecule has 3 heteroatoms. The maximum atomic E-state index is 6.22. The van der Waals surface area contributed by atoms with Gasteiger partial charge in [0.15, 0.2) is 0 Å². The lowest BCUT2D eigenvalue weighted by Crippen LogP contribution is -2.07. The first-order valence-electron chi connectivity index (χ1n) is 6.97. The highest BCUT2D eigenvalue weighted by Crippen LogP contribution is 2.33. The van der Waals surface area contributed by atoms with Gasteiger partial charge >= 0.3 is 0 Å². The number of halogens is 2. The van der Waals surface area contributed by atoms with E-state index in [1.165, 1.54) is 36.0 Å². The van der Waals surface area contributed by atoms with Crippen LogP contribution in [0.25, 0.3) is 0 Å². The maximum Gasteiger partial charge on any atom is 0.0823 e. The van der Waals surface area contributed by atoms with Crippen molar-refractivity contribution in [3.63, 3.8) is 0 Å². The number of hydrogen-bond acceptors (Lipinski definition) is 1. The van der Waals surface area contributed by atoms with Crippen molar-refractivity contribution < 1.29 is 0 Å². The molecule has 0 amide bonds. The Morgan fingerprint density at radius 1 is 1.05 bits per heavy atom. The third-order valence-electron chi connectivity index (χ3n) is 3.95. The molecule has 1 atom stereocenters. The first-order valence-corrected chi connectivity index (χ1v) is 7.73. The molecule has 0 spiro atoms. The van der Waals surface area contributed by atoms with Crippen LogP contribution in [-0.2, 0) is 12.8 Å². The van der Waals surface area contributed by atoms with Crippen LogP contribution in [0.1, 0.15) is 36.1 Å². The average molecular weight is 306 g/mol. The van der Waals surface area contributed by atoms with Gasteiger partial charge in [-0.2, -0.15) is 0 Å². The number of fused-ring (bicyclic) bond motifs is 1. The van der Waals surface area contributed by atoms with Crippen molar-refractivity contribution in [3.05, 3.63) is 63.1 Å². The summed E-state index contributed by atoms with van der Waals surface area (Å²) in [5.41, 5.74) is 5.17. The highest BCUT2D eigenvalue weighted by atomic mass is 35.5. The molecule has 20 heavy (non-hydrogen) atoms. The highest BCUT2D eigenvalue weighted by molar-refractivity contribution is 6.43. The summed E-state index contributed by atoms with van der Waals surface area (Å²) < 4.78 is 0. The van der Waals surface area contributed by atoms with Crippen LogP contribution in [0.3, 0.4) is 0 Å². The predicted octanol–water partition coefficient (Wildman–Crippen LogP) is 5.66. The van der Waals surface area contributed by atoms with Crippen molar-refractivity contribution in [2.45, 2.75) is 32.2 Å². The minimum atomic E-state index is 0.205. The van der Waals surface area contributed by atoms with E-state index in [1.807, 2.05) is 12.1 Å². The zero-order chi connectivity index (χ0) is 14.1. The van der Waals surface area contributed by atoms with E-state index in [-0.39, 0.29) is 6.04 Å². The zero-order valence-electron chi connectivity index (χ0n) is 11.4. The van der Waals surface area contributed by atoms with Crippen molar-refractivity contribution in [2.75, 3.05) is 5.32 Å². The smallest absolute Gasteiger partial charge is 0.0823 e. The summed E-state index contributed by atoms with van der Waals surface area (Å²) in [6.07, 6.45) is 3.70. The summed E-state index contributed by atoms with van der Waals surface area (Å²) in [5, 5.41) is 4.61. The minimum absolute atomic E-state index is 0.205. The summed E-state index contributed by atoms with van der Waals surface area (Å²) >= 11 is 12.3. The third kappa shape index (κ3) is 2.65. The Morgan fingerprint density at radius 3 is 2.70 bits per heavy atom. The zero-order valence-corrected chi connectivity index (χ0v) is 12.9. The Balaban J connectivity index is 1.82. The van der Waals surface area contributed by atoms with Crippen LogP contribution in [0.2, 0.25) is 10.0 Å². The van der Waals surface area contributed by atoms with Gasteiger partial charge in [-0.25, -0.2) is 0 Å². The van der Waals surface area contributed by atoms with E-state index >= 15 is 0 Å². The molecule has 0 heterocycles. The van der Waals surface area contributed by atoms with Crippen LogP contribution < -0.4 is 5.32 Å². The molecular weight excluding hydrogens is 289 g/mol. The molecule has 0 aromatic heterocycles. The van der Waals surface area contributed by atoms with Gasteiger partial charge < -0.3 is 5.32 Å². The Labute approximate surface area is 129 Å². The van der Waals surface area contributed by atoms with Gasteiger partial charge in [0, 0.05) is 6.04 Å². The van der Waals surface area contributed by atoms with Crippen molar-refractivity contribution in [1.82, 2.24) is 0 Å². The molecule has 104 valence electrons. The van der Waals surface area contributed by atoms with Gasteiger partial charge in [0.05, 0.1) is 15.7 Å². The molecule has 3 rings (SSSR count). The molecular formula is C17H17Cl2N. The summed E-state index contributed by atoms with van der Waals surface area (Å²) in [6, 6.07) is 12.7. The second kappa shape index (κ2) is 5.67. The van der Waals surface area contributed by atoms with E-state index in [2.05, 4.69) is 30.4 Å². The average Bonchev–Trinajstić information content (AvgIpc) is 2.91. The molecule has 0 aliphatic heterocycles. The largest absolute Gasteiger partial charge is 0.377 e. The summed E-state index contributed by atoms with van der Waals surface area (Å²) in [6.45, 7) is 2.15. The summed E-state index contributed by atoms with van der Waals surface area (Å²) in [5.74, 6) is 0. The fourth-order valence-electron chi connectivity index (χ4n) is 2.79. The van der Waals surface area contributed by atoms with E-state index < -0.39 is 0 Å². The number of benzene rings is 2. The number of nitrogens with one attached hydrogen (secondary N) is 1. The Hall–Kier alpha value is -1.18. The molecule has 1 unspecified atom stereocenters. The lowest BCUT2D eigenvalue weighted by molar-refractivity contribution is 0.879. The van der Waals surface area contributed by atoms with Gasteiger partial charge in [-0.3, -0.25) is 0 Å². The quantitative estimate of drug-likeness (QED) is 0.772. The first kappa shape index (κ1) is 13.8. The number of aryl methyl sites for hydroxylation is 2. The molecule has 0 radical (unpaired) electrons. The van der Waals surface area contributed by atoms with Crippen LogP contribution in [0.5, 0.6) is 0 Å². The van der Waals surface area contributed by atoms with E-state index in [9.17, 15) is 0 Å². The molecule has 0 saturated heterocycles. The van der Waals surface area contributed by atoms with Gasteiger partial charge in [-0.05, 0) is 55.0 Å². The van der Waals surface area contributed by atoms with Gasteiger partial charge in [-0.15, -0.1) is 0 Å². The molecule has 0 fully saturated rings. The highest BCUT2D eigenvalue weighted by Gasteiger charge is 2.14. The topological polar surface area (TPSA) is 12.0 Å². The molecule has 0 saturated carbocycles. The van der Waals surface area contributed by atoms with Crippen molar-refractivity contribution in [3.8, 4) is 0 Å². The molecule has 2 aromatic carbocycles. The molecule has 1 nitrogen and oxygen atoms in total. The number of hydrogen-bond donors (Lipinski definition) is 1. The summed E-state index contributed by atoms with van der Waals surface area (Å²) in [4.78, 5) is 0. The van der Waals surface area contributed by atoms with E-state index in [1.54, 1.807) is 6.07 Å². The molecule has 0 bridgehead atoms. The Bertz CT molecular complexity index is 637. The fourth-order valence-corrected chi connectivity index (χ4v) is 3.15. The van der Waals surface area contributed by atoms with E-state index in [0.29, 0.717) is 10.0 Å². The Morgan fingerprint density at radius 2 is 1.85 bits per heavy atom. The van der Waals surface area contributed by atoms with E-state index in [0.717, 1.165) is 5.69 Å². The van der Waals surface area contributed by atoms with Crippen LogP contribution in [0.15, 0.2) is 36.4 Å². The normalized spacial score (nSPS) is 14.9. The standard InChI is InChI=1S/C17H17Cl2N/c1-11(20-16-7-3-6-15(18)17(16)19)13-9-8-12-4-2-5-14(12)10-13/h3,6-11,20H,2,4-5H2,1H3. The van der Waals surface area contributed by atoms with E-state index in [4.69, 9.17) is 23.2 Å². The number of anilines is 1. The lowest BCUT2D eigenvalue weighted by Gasteiger charge is -2.18. The third-order valence-corrected chi connectivity index (χ3v) is 4.77. The second-order valence-electron chi connectivity index (χ2n) is 5.35. The van der Waals surface area contributed by atoms with Gasteiger partial charge in [0.2, 0.25) is 0 Å². The molecule has 2 aromatic rings. The maximum absolute atomic E-state index is 6.22. The van der Waals surface area contributed by atoms with Crippen LogP contribution in [0, 0.1) is 0 Å². The van der Waals surface area contributed by atoms with Crippen molar-refractivity contribution in [1.29, 1.82) is 0 Å². The van der Waals surface area contributed by atoms with Crippen LogP contribution in [0.4, 0.5) is 5.69 Å². The SMILES string of the molecule is CC(Nc1cccc(Cl)c1Cl)c1ccc2c(c1)CCC2. The number of rotatable bonds is 3.